The van der Waals surface area contributed by atoms with E-state index in [9.17, 15) is 9.50 Å². The zero-order valence-electron chi connectivity index (χ0n) is 10.2. The zero-order chi connectivity index (χ0) is 12.3. The molecule has 0 aliphatic carbocycles. The normalized spacial score (nSPS) is 15.2. The predicted molar refractivity (Wildman–Crippen MR) is 67.2 cm³/mol. The van der Waals surface area contributed by atoms with Crippen molar-refractivity contribution >= 4 is 11.8 Å². The molecule has 0 radical (unpaired) electrons. The molecule has 3 heteroatoms. The van der Waals surface area contributed by atoms with Crippen molar-refractivity contribution in [3.05, 3.63) is 29.6 Å². The van der Waals surface area contributed by atoms with Crippen LogP contribution in [0.2, 0.25) is 0 Å². The molecule has 1 aromatic carbocycles. The van der Waals surface area contributed by atoms with Gasteiger partial charge >= 0.3 is 0 Å². The number of aliphatic hydroxyl groups excluding tert-OH is 1. The van der Waals surface area contributed by atoms with Gasteiger partial charge in [-0.2, -0.15) is 0 Å². The molecule has 0 saturated heterocycles. The first-order valence-corrected chi connectivity index (χ1v) is 6.44. The first-order chi connectivity index (χ1) is 7.41. The molecular formula is C13H19FOS. The van der Waals surface area contributed by atoms with E-state index < -0.39 is 6.10 Å². The van der Waals surface area contributed by atoms with Crippen LogP contribution in [0.15, 0.2) is 23.1 Å². The Morgan fingerprint density at radius 3 is 2.25 bits per heavy atom. The lowest BCUT2D eigenvalue weighted by molar-refractivity contribution is 0.198. The van der Waals surface area contributed by atoms with Gasteiger partial charge in [-0.05, 0) is 30.5 Å². The Labute approximate surface area is 101 Å². The van der Waals surface area contributed by atoms with Crippen LogP contribution in [0.4, 0.5) is 4.39 Å². The van der Waals surface area contributed by atoms with Gasteiger partial charge in [-0.1, -0.05) is 26.8 Å². The second kappa shape index (κ2) is 5.69. The standard InChI is InChI=1S/C13H19FOS/c1-8(2)10(4)16-13-6-5-11(9(3)15)7-12(13)14/h5-10,15H,1-4H3. The van der Waals surface area contributed by atoms with Crippen molar-refractivity contribution in [3.63, 3.8) is 0 Å². The minimum absolute atomic E-state index is 0.240. The van der Waals surface area contributed by atoms with Gasteiger partial charge in [0, 0.05) is 10.1 Å². The highest BCUT2D eigenvalue weighted by Crippen LogP contribution is 2.31. The number of thioether (sulfide) groups is 1. The Kier molecular flexibility index (Phi) is 4.81. The summed E-state index contributed by atoms with van der Waals surface area (Å²) in [7, 11) is 0. The maximum atomic E-state index is 13.7. The van der Waals surface area contributed by atoms with Gasteiger partial charge in [-0.15, -0.1) is 11.8 Å². The summed E-state index contributed by atoms with van der Waals surface area (Å²) >= 11 is 1.54. The third-order valence-electron chi connectivity index (χ3n) is 2.69. The van der Waals surface area contributed by atoms with Crippen LogP contribution >= 0.6 is 11.8 Å². The summed E-state index contributed by atoms with van der Waals surface area (Å²) in [5.41, 5.74) is 0.624. The molecule has 0 amide bonds. The van der Waals surface area contributed by atoms with Gasteiger partial charge in [0.25, 0.3) is 0 Å². The third kappa shape index (κ3) is 3.49. The minimum Gasteiger partial charge on any atom is -0.389 e. The van der Waals surface area contributed by atoms with Crippen LogP contribution < -0.4 is 0 Å². The van der Waals surface area contributed by atoms with Crippen molar-refractivity contribution in [2.24, 2.45) is 5.92 Å². The summed E-state index contributed by atoms with van der Waals surface area (Å²) in [5.74, 6) is 0.275. The van der Waals surface area contributed by atoms with Crippen molar-refractivity contribution < 1.29 is 9.50 Å². The molecule has 1 rings (SSSR count). The van der Waals surface area contributed by atoms with E-state index in [4.69, 9.17) is 0 Å². The molecule has 2 atom stereocenters. The largest absolute Gasteiger partial charge is 0.389 e. The van der Waals surface area contributed by atoms with Gasteiger partial charge < -0.3 is 5.11 Å². The summed E-state index contributed by atoms with van der Waals surface area (Å²) in [4.78, 5) is 0.658. The highest BCUT2D eigenvalue weighted by Gasteiger charge is 2.13. The molecule has 1 N–H and O–H groups in total. The molecule has 1 aromatic rings. The molecule has 1 nitrogen and oxygen atoms in total. The van der Waals surface area contributed by atoms with E-state index in [1.807, 2.05) is 0 Å². The van der Waals surface area contributed by atoms with E-state index in [2.05, 4.69) is 20.8 Å². The monoisotopic (exact) mass is 242 g/mol. The second-order valence-corrected chi connectivity index (χ2v) is 5.85. The number of aliphatic hydroxyl groups is 1. The summed E-state index contributed by atoms with van der Waals surface area (Å²) in [5, 5.41) is 9.72. The Morgan fingerprint density at radius 1 is 1.19 bits per heavy atom. The fraction of sp³-hybridized carbons (Fsp3) is 0.538. The molecule has 0 bridgehead atoms. The van der Waals surface area contributed by atoms with Crippen molar-refractivity contribution in [1.82, 2.24) is 0 Å². The fourth-order valence-corrected chi connectivity index (χ4v) is 2.20. The number of benzene rings is 1. The Bertz CT molecular complexity index is 350. The Morgan fingerprint density at radius 2 is 1.81 bits per heavy atom. The average Bonchev–Trinajstić information content (AvgIpc) is 2.20. The third-order valence-corrected chi connectivity index (χ3v) is 4.19. The highest BCUT2D eigenvalue weighted by atomic mass is 32.2. The number of hydrogen-bond acceptors (Lipinski definition) is 2. The lowest BCUT2D eigenvalue weighted by Crippen LogP contribution is -2.06. The Hall–Kier alpha value is -0.540. The fourth-order valence-electron chi connectivity index (χ4n) is 1.21. The first kappa shape index (κ1) is 13.5. The van der Waals surface area contributed by atoms with Crippen LogP contribution in [-0.4, -0.2) is 10.4 Å². The van der Waals surface area contributed by atoms with Gasteiger partial charge in [0.15, 0.2) is 0 Å². The van der Waals surface area contributed by atoms with Crippen molar-refractivity contribution in [2.45, 2.75) is 43.9 Å². The molecule has 16 heavy (non-hydrogen) atoms. The molecular weight excluding hydrogens is 223 g/mol. The summed E-state index contributed by atoms with van der Waals surface area (Å²) in [6.45, 7) is 7.98. The van der Waals surface area contributed by atoms with E-state index in [0.29, 0.717) is 21.6 Å². The average molecular weight is 242 g/mol. The quantitative estimate of drug-likeness (QED) is 0.805. The maximum absolute atomic E-state index is 13.7. The van der Waals surface area contributed by atoms with Crippen LogP contribution in [0.5, 0.6) is 0 Å². The van der Waals surface area contributed by atoms with Crippen LogP contribution in [0.25, 0.3) is 0 Å². The van der Waals surface area contributed by atoms with E-state index >= 15 is 0 Å². The molecule has 2 unspecified atom stereocenters. The maximum Gasteiger partial charge on any atom is 0.137 e. The molecule has 0 saturated carbocycles. The van der Waals surface area contributed by atoms with Gasteiger partial charge in [-0.3, -0.25) is 0 Å². The van der Waals surface area contributed by atoms with E-state index in [1.165, 1.54) is 6.07 Å². The van der Waals surface area contributed by atoms with Gasteiger partial charge in [0.2, 0.25) is 0 Å². The van der Waals surface area contributed by atoms with Crippen molar-refractivity contribution in [1.29, 1.82) is 0 Å². The lowest BCUT2D eigenvalue weighted by Gasteiger charge is -2.16. The van der Waals surface area contributed by atoms with Gasteiger partial charge in [0.1, 0.15) is 5.82 Å². The predicted octanol–water partition coefficient (Wildman–Crippen LogP) is 4.02. The zero-order valence-corrected chi connectivity index (χ0v) is 11.0. The first-order valence-electron chi connectivity index (χ1n) is 5.56. The molecule has 90 valence electrons. The number of hydrogen-bond donors (Lipinski definition) is 1. The summed E-state index contributed by atoms with van der Waals surface area (Å²) in [6.07, 6.45) is -0.615. The van der Waals surface area contributed by atoms with Crippen molar-refractivity contribution in [3.8, 4) is 0 Å². The number of halogens is 1. The van der Waals surface area contributed by atoms with E-state index in [1.54, 1.807) is 30.8 Å². The highest BCUT2D eigenvalue weighted by molar-refractivity contribution is 8.00. The molecule has 0 aromatic heterocycles. The van der Waals surface area contributed by atoms with Crippen LogP contribution in [0.1, 0.15) is 39.4 Å². The van der Waals surface area contributed by atoms with Gasteiger partial charge in [0.05, 0.1) is 6.10 Å². The van der Waals surface area contributed by atoms with Crippen LogP contribution in [0.3, 0.4) is 0 Å². The molecule has 0 fully saturated rings. The van der Waals surface area contributed by atoms with Crippen molar-refractivity contribution in [2.75, 3.05) is 0 Å². The van der Waals surface area contributed by atoms with E-state index in [0.717, 1.165) is 0 Å². The molecule has 0 heterocycles. The van der Waals surface area contributed by atoms with Crippen LogP contribution in [0, 0.1) is 11.7 Å². The SMILES string of the molecule is CC(O)c1ccc(SC(C)C(C)C)c(F)c1. The summed E-state index contributed by atoms with van der Waals surface area (Å²) in [6, 6.07) is 4.95. The smallest absolute Gasteiger partial charge is 0.137 e. The minimum atomic E-state index is -0.615. The second-order valence-electron chi connectivity index (χ2n) is 4.43. The topological polar surface area (TPSA) is 20.2 Å². The summed E-state index contributed by atoms with van der Waals surface area (Å²) < 4.78 is 13.7. The molecule has 0 aliphatic rings. The lowest BCUT2D eigenvalue weighted by atomic mass is 10.1. The number of rotatable bonds is 4. The Balaban J connectivity index is 2.83. The van der Waals surface area contributed by atoms with E-state index in [-0.39, 0.29) is 5.82 Å². The van der Waals surface area contributed by atoms with Crippen LogP contribution in [-0.2, 0) is 0 Å². The van der Waals surface area contributed by atoms with Gasteiger partial charge in [-0.25, -0.2) is 4.39 Å². The molecule has 0 aliphatic heterocycles. The molecule has 0 spiro atoms.